The van der Waals surface area contributed by atoms with E-state index in [-0.39, 0.29) is 17.8 Å². The van der Waals surface area contributed by atoms with E-state index in [9.17, 15) is 14.0 Å². The number of esters is 1. The molecule has 4 rings (SSSR count). The van der Waals surface area contributed by atoms with Gasteiger partial charge in [-0.05, 0) is 44.7 Å². The summed E-state index contributed by atoms with van der Waals surface area (Å²) in [4.78, 5) is 27.5. The Labute approximate surface area is 179 Å². The van der Waals surface area contributed by atoms with E-state index in [2.05, 4.69) is 5.32 Å². The summed E-state index contributed by atoms with van der Waals surface area (Å²) in [6, 6.07) is 10.4. The zero-order valence-corrected chi connectivity index (χ0v) is 18.0. The van der Waals surface area contributed by atoms with Crippen molar-refractivity contribution in [2.75, 3.05) is 0 Å². The van der Waals surface area contributed by atoms with Crippen LogP contribution in [0.1, 0.15) is 55.9 Å². The maximum atomic E-state index is 14.9. The number of hydrogen-bond donors (Lipinski definition) is 1. The van der Waals surface area contributed by atoms with Crippen molar-refractivity contribution in [2.24, 2.45) is 0 Å². The highest BCUT2D eigenvalue weighted by molar-refractivity contribution is 7.10. The van der Waals surface area contributed by atoms with Crippen molar-refractivity contribution >= 4 is 23.1 Å². The number of thiophene rings is 1. The Morgan fingerprint density at radius 1 is 1.20 bits per heavy atom. The molecule has 0 radical (unpaired) electrons. The van der Waals surface area contributed by atoms with Crippen LogP contribution in [-0.2, 0) is 14.3 Å². The fraction of sp³-hybridized carbons (Fsp3) is 0.333. The average molecular weight is 426 g/mol. The lowest BCUT2D eigenvalue weighted by molar-refractivity contribution is -0.143. The summed E-state index contributed by atoms with van der Waals surface area (Å²) in [5.74, 6) is -1.71. The van der Waals surface area contributed by atoms with Gasteiger partial charge in [0, 0.05) is 39.7 Å². The molecule has 0 saturated heterocycles. The summed E-state index contributed by atoms with van der Waals surface area (Å²) in [6.45, 7) is 5.32. The summed E-state index contributed by atoms with van der Waals surface area (Å²) in [7, 11) is 0. The summed E-state index contributed by atoms with van der Waals surface area (Å²) in [6.07, 6.45) is 0.674. The van der Waals surface area contributed by atoms with Crippen molar-refractivity contribution in [3.05, 3.63) is 80.6 Å². The van der Waals surface area contributed by atoms with E-state index in [1.54, 1.807) is 50.3 Å². The maximum Gasteiger partial charge on any atom is 0.337 e. The number of Topliss-reactive ketones (excluding diaryl/α,β-unsaturated/α-hetero) is 1. The Kier molecular flexibility index (Phi) is 5.60. The minimum atomic E-state index is -0.773. The van der Waals surface area contributed by atoms with E-state index in [1.165, 1.54) is 6.07 Å². The summed E-state index contributed by atoms with van der Waals surface area (Å²) >= 11 is 1.63. The van der Waals surface area contributed by atoms with Gasteiger partial charge in [0.25, 0.3) is 0 Å². The van der Waals surface area contributed by atoms with Gasteiger partial charge in [0.2, 0.25) is 0 Å². The number of ketones is 1. The molecular weight excluding hydrogens is 401 g/mol. The molecule has 2 aromatic rings. The van der Waals surface area contributed by atoms with Crippen LogP contribution in [-0.4, -0.2) is 17.9 Å². The molecular formula is C24H24FNO3S. The Morgan fingerprint density at radius 3 is 2.63 bits per heavy atom. The molecule has 4 nitrogen and oxygen atoms in total. The van der Waals surface area contributed by atoms with E-state index in [0.29, 0.717) is 35.2 Å². The molecule has 1 aromatic carbocycles. The number of rotatable bonds is 4. The molecule has 1 N–H and O–H groups in total. The standard InChI is InChI=1S/C24H24FNO3S/c1-13(2)29-24(28)21-14(3)26-18-11-15(20-9-6-10-30-20)12-19(27)23(18)22(21)16-7-4-5-8-17(16)25/h4-10,13,15,22,26H,11-12H2,1-3H3/t15-,22+/m1/s1. The number of nitrogens with one attached hydrogen (secondary N) is 1. The second kappa shape index (κ2) is 8.19. The topological polar surface area (TPSA) is 55.4 Å². The third-order valence-corrected chi connectivity index (χ3v) is 6.59. The van der Waals surface area contributed by atoms with Crippen LogP contribution in [0.15, 0.2) is 64.3 Å². The van der Waals surface area contributed by atoms with Crippen LogP contribution in [0, 0.1) is 5.82 Å². The highest BCUT2D eigenvalue weighted by Crippen LogP contribution is 2.46. The van der Waals surface area contributed by atoms with Crippen molar-refractivity contribution in [3.8, 4) is 0 Å². The number of halogens is 1. The van der Waals surface area contributed by atoms with Gasteiger partial charge in [-0.3, -0.25) is 4.79 Å². The fourth-order valence-electron chi connectivity index (χ4n) is 4.33. The van der Waals surface area contributed by atoms with Crippen molar-refractivity contribution in [2.45, 2.75) is 51.6 Å². The quantitative estimate of drug-likeness (QED) is 0.684. The van der Waals surface area contributed by atoms with Gasteiger partial charge in [-0.2, -0.15) is 0 Å². The molecule has 1 aliphatic carbocycles. The highest BCUT2D eigenvalue weighted by Gasteiger charge is 2.42. The normalized spacial score (nSPS) is 21.6. The van der Waals surface area contributed by atoms with Crippen molar-refractivity contribution in [1.82, 2.24) is 5.32 Å². The molecule has 0 saturated carbocycles. The molecule has 2 atom stereocenters. The summed E-state index contributed by atoms with van der Waals surface area (Å²) in [5.41, 5.74) is 2.48. The Morgan fingerprint density at radius 2 is 1.97 bits per heavy atom. The maximum absolute atomic E-state index is 14.9. The van der Waals surface area contributed by atoms with Crippen LogP contribution in [0.25, 0.3) is 0 Å². The largest absolute Gasteiger partial charge is 0.460 e. The SMILES string of the molecule is CC1=C(C(=O)OC(C)C)[C@H](c2ccccc2F)C2=C(C[C@@H](c3cccs3)CC2=O)N1. The molecule has 30 heavy (non-hydrogen) atoms. The Bertz CT molecular complexity index is 1050. The van der Waals surface area contributed by atoms with Crippen molar-refractivity contribution in [1.29, 1.82) is 0 Å². The van der Waals surface area contributed by atoms with Crippen molar-refractivity contribution < 1.29 is 18.7 Å². The first-order chi connectivity index (χ1) is 14.4. The van der Waals surface area contributed by atoms with Crippen LogP contribution in [0.4, 0.5) is 4.39 Å². The molecule has 6 heteroatoms. The van der Waals surface area contributed by atoms with E-state index in [1.807, 2.05) is 17.5 Å². The zero-order chi connectivity index (χ0) is 21.4. The number of dihydropyridines is 1. The molecule has 0 amide bonds. The van der Waals surface area contributed by atoms with Crippen LogP contribution >= 0.6 is 11.3 Å². The number of hydrogen-bond acceptors (Lipinski definition) is 5. The Balaban J connectivity index is 1.83. The monoisotopic (exact) mass is 425 g/mol. The third-order valence-electron chi connectivity index (χ3n) is 5.55. The third kappa shape index (κ3) is 3.72. The minimum absolute atomic E-state index is 0.0576. The fourth-order valence-corrected chi connectivity index (χ4v) is 5.16. The minimum Gasteiger partial charge on any atom is -0.460 e. The number of benzene rings is 1. The smallest absolute Gasteiger partial charge is 0.337 e. The lowest BCUT2D eigenvalue weighted by Crippen LogP contribution is -2.36. The van der Waals surface area contributed by atoms with Crippen LogP contribution in [0.5, 0.6) is 0 Å². The molecule has 2 heterocycles. The first kappa shape index (κ1) is 20.5. The summed E-state index contributed by atoms with van der Waals surface area (Å²) < 4.78 is 20.3. The van der Waals surface area contributed by atoms with Gasteiger partial charge >= 0.3 is 5.97 Å². The second-order valence-electron chi connectivity index (χ2n) is 8.01. The molecule has 2 aliphatic rings. The zero-order valence-electron chi connectivity index (χ0n) is 17.2. The number of allylic oxidation sites excluding steroid dienone is 3. The molecule has 0 spiro atoms. The van der Waals surface area contributed by atoms with Crippen LogP contribution < -0.4 is 5.32 Å². The molecule has 0 fully saturated rings. The lowest BCUT2D eigenvalue weighted by Gasteiger charge is -2.36. The van der Waals surface area contributed by atoms with E-state index in [4.69, 9.17) is 4.74 Å². The molecule has 156 valence electrons. The predicted molar refractivity (Wildman–Crippen MR) is 115 cm³/mol. The second-order valence-corrected chi connectivity index (χ2v) is 8.99. The molecule has 0 bridgehead atoms. The van der Waals surface area contributed by atoms with E-state index in [0.717, 1.165) is 10.6 Å². The van der Waals surface area contributed by atoms with Crippen LogP contribution in [0.2, 0.25) is 0 Å². The van der Waals surface area contributed by atoms with Gasteiger partial charge < -0.3 is 10.1 Å². The predicted octanol–water partition coefficient (Wildman–Crippen LogP) is 5.20. The number of ether oxygens (including phenoxy) is 1. The average Bonchev–Trinajstić information content (AvgIpc) is 3.21. The highest BCUT2D eigenvalue weighted by atomic mass is 32.1. The van der Waals surface area contributed by atoms with E-state index < -0.39 is 17.7 Å². The van der Waals surface area contributed by atoms with Gasteiger partial charge in [-0.25, -0.2) is 9.18 Å². The summed E-state index contributed by atoms with van der Waals surface area (Å²) in [5, 5.41) is 5.29. The van der Waals surface area contributed by atoms with E-state index >= 15 is 0 Å². The Hall–Kier alpha value is -2.73. The first-order valence-electron chi connectivity index (χ1n) is 10.1. The van der Waals surface area contributed by atoms with Gasteiger partial charge in [0.15, 0.2) is 5.78 Å². The van der Waals surface area contributed by atoms with Gasteiger partial charge in [-0.1, -0.05) is 24.3 Å². The van der Waals surface area contributed by atoms with Gasteiger partial charge in [0.1, 0.15) is 5.82 Å². The molecule has 1 aliphatic heterocycles. The van der Waals surface area contributed by atoms with Gasteiger partial charge in [0.05, 0.1) is 17.6 Å². The first-order valence-corrected chi connectivity index (χ1v) is 11.0. The molecule has 0 unspecified atom stereocenters. The molecule has 1 aromatic heterocycles. The van der Waals surface area contributed by atoms with Crippen molar-refractivity contribution in [3.63, 3.8) is 0 Å². The number of carbonyl (C=O) groups excluding carboxylic acids is 2. The van der Waals surface area contributed by atoms with Crippen LogP contribution in [0.3, 0.4) is 0 Å². The number of carbonyl (C=O) groups is 2. The van der Waals surface area contributed by atoms with Gasteiger partial charge in [-0.15, -0.1) is 11.3 Å². The lowest BCUT2D eigenvalue weighted by atomic mass is 9.72.